The monoisotopic (exact) mass is 359 g/mol. The number of para-hydroxylation sites is 1. The third-order valence-corrected chi connectivity index (χ3v) is 5.65. The van der Waals surface area contributed by atoms with Gasteiger partial charge in [-0.25, -0.2) is 9.97 Å². The maximum absolute atomic E-state index is 4.91. The molecule has 0 saturated heterocycles. The molecule has 5 heterocycles. The van der Waals surface area contributed by atoms with Gasteiger partial charge in [0.05, 0.1) is 17.2 Å². The minimum Gasteiger partial charge on any atom is -0.354 e. The summed E-state index contributed by atoms with van der Waals surface area (Å²) in [5.74, 6) is 0. The average Bonchev–Trinajstić information content (AvgIpc) is 3.32. The van der Waals surface area contributed by atoms with E-state index in [1.54, 1.807) is 0 Å². The number of aromatic nitrogens is 5. The largest absolute Gasteiger partial charge is 0.354 e. The molecule has 0 amide bonds. The fourth-order valence-electron chi connectivity index (χ4n) is 4.48. The molecule has 0 atom stereocenters. The van der Waals surface area contributed by atoms with Gasteiger partial charge < -0.3 is 4.98 Å². The van der Waals surface area contributed by atoms with Crippen LogP contribution in [0.15, 0.2) is 73.2 Å². The Labute approximate surface area is 158 Å². The van der Waals surface area contributed by atoms with Gasteiger partial charge in [0.25, 0.3) is 0 Å². The normalized spacial score (nSPS) is 12.3. The van der Waals surface area contributed by atoms with Crippen LogP contribution in [0, 0.1) is 0 Å². The summed E-state index contributed by atoms with van der Waals surface area (Å²) < 4.78 is 2.12. The minimum atomic E-state index is 0.856. The lowest BCUT2D eigenvalue weighted by atomic mass is 10.0. The number of aromatic amines is 1. The first kappa shape index (κ1) is 14.1. The van der Waals surface area contributed by atoms with Gasteiger partial charge in [0.2, 0.25) is 0 Å². The zero-order valence-electron chi connectivity index (χ0n) is 14.7. The van der Waals surface area contributed by atoms with Gasteiger partial charge in [-0.15, -0.1) is 0 Å². The van der Waals surface area contributed by atoms with Crippen LogP contribution in [0.5, 0.6) is 0 Å². The number of pyridine rings is 3. The Hall–Kier alpha value is -3.99. The van der Waals surface area contributed by atoms with Crippen molar-refractivity contribution in [3.05, 3.63) is 73.2 Å². The Morgan fingerprint density at radius 1 is 0.750 bits per heavy atom. The van der Waals surface area contributed by atoms with Crippen molar-refractivity contribution in [2.24, 2.45) is 0 Å². The molecule has 7 aromatic rings. The number of nitrogens with one attached hydrogen (secondary N) is 1. The molecule has 0 radical (unpaired) electrons. The van der Waals surface area contributed by atoms with E-state index in [1.165, 1.54) is 16.2 Å². The zero-order chi connectivity index (χ0) is 18.2. The van der Waals surface area contributed by atoms with E-state index in [9.17, 15) is 0 Å². The molecule has 0 bridgehead atoms. The SMILES string of the molecule is c1cnc2c(c1)nc1c3ccc4c5ccccc5[nH]c4c3c3ccncc3n21. The van der Waals surface area contributed by atoms with Crippen LogP contribution in [0.25, 0.3) is 60.3 Å². The molecule has 7 rings (SSSR count). The zero-order valence-corrected chi connectivity index (χ0v) is 14.7. The Balaban J connectivity index is 1.87. The lowest BCUT2D eigenvalue weighted by Crippen LogP contribution is -1.93. The van der Waals surface area contributed by atoms with Crippen LogP contribution >= 0.6 is 0 Å². The van der Waals surface area contributed by atoms with Gasteiger partial charge in [-0.2, -0.15) is 0 Å². The standard InChI is InChI=1S/C23H13N5/c1-2-5-17-13(4-1)14-7-8-16-20(21(14)26-17)15-9-11-24-12-19(15)28-22(16)27-18-6-3-10-25-23(18)28/h1-12,26H. The number of H-pyrrole nitrogens is 1. The molecule has 0 aliphatic carbocycles. The molecule has 5 heteroatoms. The highest BCUT2D eigenvalue weighted by molar-refractivity contribution is 6.26. The third-order valence-electron chi connectivity index (χ3n) is 5.65. The van der Waals surface area contributed by atoms with Gasteiger partial charge in [0.15, 0.2) is 5.65 Å². The molecular weight excluding hydrogens is 346 g/mol. The second-order valence-electron chi connectivity index (χ2n) is 7.09. The van der Waals surface area contributed by atoms with Crippen LogP contribution in [-0.4, -0.2) is 24.3 Å². The summed E-state index contributed by atoms with van der Waals surface area (Å²) in [7, 11) is 0. The molecule has 0 unspecified atom stereocenters. The first-order valence-corrected chi connectivity index (χ1v) is 9.22. The summed E-state index contributed by atoms with van der Waals surface area (Å²) in [6.07, 6.45) is 5.56. The lowest BCUT2D eigenvalue weighted by molar-refractivity contribution is 1.23. The van der Waals surface area contributed by atoms with Crippen molar-refractivity contribution < 1.29 is 0 Å². The van der Waals surface area contributed by atoms with Crippen LogP contribution in [0.3, 0.4) is 0 Å². The van der Waals surface area contributed by atoms with Gasteiger partial charge >= 0.3 is 0 Å². The first-order valence-electron chi connectivity index (χ1n) is 9.22. The van der Waals surface area contributed by atoms with Crippen molar-refractivity contribution in [2.75, 3.05) is 0 Å². The predicted molar refractivity (Wildman–Crippen MR) is 113 cm³/mol. The average molecular weight is 359 g/mol. The number of rotatable bonds is 0. The van der Waals surface area contributed by atoms with E-state index in [0.717, 1.165) is 44.1 Å². The Kier molecular flexibility index (Phi) is 2.44. The molecule has 0 fully saturated rings. The summed E-state index contributed by atoms with van der Waals surface area (Å²) >= 11 is 0. The number of fused-ring (bicyclic) bond motifs is 12. The van der Waals surface area contributed by atoms with Crippen molar-refractivity contribution in [3.63, 3.8) is 0 Å². The predicted octanol–water partition coefficient (Wildman–Crippen LogP) is 5.22. The molecular formula is C23H13N5. The van der Waals surface area contributed by atoms with Crippen molar-refractivity contribution in [1.29, 1.82) is 0 Å². The van der Waals surface area contributed by atoms with Crippen molar-refractivity contribution in [2.45, 2.75) is 0 Å². The molecule has 5 nitrogen and oxygen atoms in total. The van der Waals surface area contributed by atoms with Crippen LogP contribution in [-0.2, 0) is 0 Å². The van der Waals surface area contributed by atoms with E-state index < -0.39 is 0 Å². The van der Waals surface area contributed by atoms with E-state index in [0.29, 0.717) is 0 Å². The second kappa shape index (κ2) is 4.84. The molecule has 0 aliphatic rings. The molecule has 0 spiro atoms. The maximum atomic E-state index is 4.91. The summed E-state index contributed by atoms with van der Waals surface area (Å²) in [5.41, 5.74) is 5.94. The van der Waals surface area contributed by atoms with Gasteiger partial charge in [0, 0.05) is 44.8 Å². The molecule has 5 aromatic heterocycles. The third kappa shape index (κ3) is 1.60. The number of imidazole rings is 1. The van der Waals surface area contributed by atoms with Crippen molar-refractivity contribution >= 4 is 60.3 Å². The maximum Gasteiger partial charge on any atom is 0.165 e. The Bertz CT molecular complexity index is 1720. The van der Waals surface area contributed by atoms with Crippen molar-refractivity contribution in [1.82, 2.24) is 24.3 Å². The summed E-state index contributed by atoms with van der Waals surface area (Å²) in [6.45, 7) is 0. The highest BCUT2D eigenvalue weighted by Gasteiger charge is 2.17. The Morgan fingerprint density at radius 2 is 1.68 bits per heavy atom. The topological polar surface area (TPSA) is 58.9 Å². The van der Waals surface area contributed by atoms with E-state index in [4.69, 9.17) is 4.98 Å². The second-order valence-corrected chi connectivity index (χ2v) is 7.09. The Morgan fingerprint density at radius 3 is 2.68 bits per heavy atom. The molecule has 2 aromatic carbocycles. The fourth-order valence-corrected chi connectivity index (χ4v) is 4.48. The van der Waals surface area contributed by atoms with Crippen LogP contribution < -0.4 is 0 Å². The molecule has 28 heavy (non-hydrogen) atoms. The van der Waals surface area contributed by atoms with E-state index in [-0.39, 0.29) is 0 Å². The quantitative estimate of drug-likeness (QED) is 0.378. The molecule has 1 N–H and O–H groups in total. The fraction of sp³-hybridized carbons (Fsp3) is 0. The summed E-state index contributed by atoms with van der Waals surface area (Å²) in [6, 6.07) is 18.8. The molecule has 0 saturated carbocycles. The van der Waals surface area contributed by atoms with Crippen LogP contribution in [0.1, 0.15) is 0 Å². The van der Waals surface area contributed by atoms with Crippen LogP contribution in [0.4, 0.5) is 0 Å². The van der Waals surface area contributed by atoms with Crippen LogP contribution in [0.2, 0.25) is 0 Å². The van der Waals surface area contributed by atoms with E-state index >= 15 is 0 Å². The van der Waals surface area contributed by atoms with E-state index in [2.05, 4.69) is 61.8 Å². The summed E-state index contributed by atoms with van der Waals surface area (Å²) in [4.78, 5) is 17.5. The highest BCUT2D eigenvalue weighted by Crippen LogP contribution is 2.37. The first-order chi connectivity index (χ1) is 13.9. The van der Waals surface area contributed by atoms with Gasteiger partial charge in [-0.1, -0.05) is 24.3 Å². The summed E-state index contributed by atoms with van der Waals surface area (Å²) in [5, 5.41) is 5.88. The van der Waals surface area contributed by atoms with Gasteiger partial charge in [-0.3, -0.25) is 9.38 Å². The number of benzene rings is 2. The number of hydrogen-bond donors (Lipinski definition) is 1. The van der Waals surface area contributed by atoms with Gasteiger partial charge in [-0.05, 0) is 30.3 Å². The van der Waals surface area contributed by atoms with Crippen molar-refractivity contribution in [3.8, 4) is 0 Å². The molecule has 130 valence electrons. The van der Waals surface area contributed by atoms with E-state index in [1.807, 2.05) is 30.7 Å². The number of nitrogens with zero attached hydrogens (tertiary/aromatic N) is 4. The minimum absolute atomic E-state index is 0.856. The van der Waals surface area contributed by atoms with Gasteiger partial charge in [0.1, 0.15) is 11.2 Å². The number of hydrogen-bond acceptors (Lipinski definition) is 3. The lowest BCUT2D eigenvalue weighted by Gasteiger charge is -2.09. The molecule has 0 aliphatic heterocycles. The smallest absolute Gasteiger partial charge is 0.165 e. The highest BCUT2D eigenvalue weighted by atomic mass is 15.1.